The first kappa shape index (κ1) is 14.4. The van der Waals surface area contributed by atoms with E-state index in [0.29, 0.717) is 13.0 Å². The van der Waals surface area contributed by atoms with Gasteiger partial charge in [-0.25, -0.2) is 4.79 Å². The lowest BCUT2D eigenvalue weighted by Gasteiger charge is -2.39. The second kappa shape index (κ2) is 4.50. The van der Waals surface area contributed by atoms with Crippen molar-refractivity contribution < 1.29 is 14.4 Å². The Kier molecular flexibility index (Phi) is 3.40. The number of carbonyl (C=O) groups excluding carboxylic acids is 1. The zero-order valence-corrected chi connectivity index (χ0v) is 12.7. The predicted molar refractivity (Wildman–Crippen MR) is 73.9 cm³/mol. The molecule has 2 rings (SSSR count). The summed E-state index contributed by atoms with van der Waals surface area (Å²) in [5.74, 6) is -0.239. The highest BCUT2D eigenvalue weighted by Gasteiger charge is 2.69. The molecule has 108 valence electrons. The fraction of sp³-hybridized carbons (Fsp3) is 0.867. The van der Waals surface area contributed by atoms with Crippen LogP contribution in [0.1, 0.15) is 60.3 Å². The van der Waals surface area contributed by atoms with E-state index >= 15 is 0 Å². The van der Waals surface area contributed by atoms with Crippen LogP contribution in [-0.2, 0) is 14.4 Å². The summed E-state index contributed by atoms with van der Waals surface area (Å²) in [6, 6.07) is 0. The highest BCUT2D eigenvalue weighted by molar-refractivity contribution is 6.02. The molecule has 0 N–H and O–H groups in total. The van der Waals surface area contributed by atoms with E-state index in [1.807, 2.05) is 6.92 Å². The van der Waals surface area contributed by atoms with Gasteiger partial charge in [0.25, 0.3) is 0 Å². The number of nitrogens with zero attached hydrogens (tertiary/aromatic N) is 1. The average Bonchev–Trinajstić information content (AvgIpc) is 2.81. The van der Waals surface area contributed by atoms with Crippen LogP contribution in [0.2, 0.25) is 0 Å². The topological polar surface area (TPSA) is 47.9 Å². The molecule has 0 bridgehead atoms. The van der Waals surface area contributed by atoms with Crippen molar-refractivity contribution in [3.8, 4) is 0 Å². The predicted octanol–water partition coefficient (Wildman–Crippen LogP) is 3.30. The van der Waals surface area contributed by atoms with Crippen LogP contribution in [0.4, 0.5) is 0 Å². The van der Waals surface area contributed by atoms with Gasteiger partial charge in [0.05, 0.1) is 17.7 Å². The third-order valence-electron chi connectivity index (χ3n) is 4.57. The molecular weight excluding hydrogens is 242 g/mol. The van der Waals surface area contributed by atoms with Gasteiger partial charge < -0.3 is 9.57 Å². The summed E-state index contributed by atoms with van der Waals surface area (Å²) in [5, 5.41) is 4.33. The summed E-state index contributed by atoms with van der Waals surface area (Å²) in [7, 11) is 0. The summed E-state index contributed by atoms with van der Waals surface area (Å²) in [6.07, 6.45) is 3.52. The number of hydrogen-bond acceptors (Lipinski definition) is 4. The van der Waals surface area contributed by atoms with Crippen molar-refractivity contribution in [2.45, 2.75) is 65.9 Å². The number of rotatable bonds is 3. The summed E-state index contributed by atoms with van der Waals surface area (Å²) in [4.78, 5) is 18.2. The van der Waals surface area contributed by atoms with E-state index in [0.717, 1.165) is 25.0 Å². The van der Waals surface area contributed by atoms with Crippen molar-refractivity contribution in [3.63, 3.8) is 0 Å². The Morgan fingerprint density at radius 2 is 2.05 bits per heavy atom. The molecule has 2 unspecified atom stereocenters. The maximum Gasteiger partial charge on any atom is 0.354 e. The third-order valence-corrected chi connectivity index (χ3v) is 4.57. The van der Waals surface area contributed by atoms with Crippen molar-refractivity contribution in [1.29, 1.82) is 0 Å². The quantitative estimate of drug-likeness (QED) is 0.737. The number of ether oxygens (including phenoxy) is 1. The van der Waals surface area contributed by atoms with E-state index < -0.39 is 5.60 Å². The van der Waals surface area contributed by atoms with Gasteiger partial charge in [-0.3, -0.25) is 0 Å². The van der Waals surface area contributed by atoms with Crippen LogP contribution in [0.5, 0.6) is 0 Å². The number of esters is 1. The Bertz CT molecular complexity index is 410. The van der Waals surface area contributed by atoms with Crippen LogP contribution in [0.3, 0.4) is 0 Å². The molecule has 4 heteroatoms. The molecule has 1 aliphatic heterocycles. The second-order valence-electron chi connectivity index (χ2n) is 6.62. The molecule has 1 fully saturated rings. The summed E-state index contributed by atoms with van der Waals surface area (Å²) >= 11 is 0. The van der Waals surface area contributed by atoms with Crippen molar-refractivity contribution in [2.24, 2.45) is 16.0 Å². The summed E-state index contributed by atoms with van der Waals surface area (Å²) in [6.45, 7) is 10.7. The van der Waals surface area contributed by atoms with Gasteiger partial charge in [0.15, 0.2) is 0 Å². The molecule has 0 spiro atoms. The van der Waals surface area contributed by atoms with Crippen molar-refractivity contribution >= 4 is 11.7 Å². The molecule has 0 aromatic heterocycles. The van der Waals surface area contributed by atoms with Gasteiger partial charge in [0.2, 0.25) is 5.60 Å². The zero-order chi connectivity index (χ0) is 14.3. The fourth-order valence-corrected chi connectivity index (χ4v) is 3.80. The van der Waals surface area contributed by atoms with Crippen molar-refractivity contribution in [1.82, 2.24) is 0 Å². The smallest absolute Gasteiger partial charge is 0.354 e. The molecule has 0 aromatic rings. The first-order valence-corrected chi connectivity index (χ1v) is 7.28. The Balaban J connectivity index is 2.45. The van der Waals surface area contributed by atoms with Crippen LogP contribution in [0.15, 0.2) is 5.16 Å². The Hall–Kier alpha value is -1.06. The maximum absolute atomic E-state index is 12.5. The number of carbonyl (C=O) groups is 1. The minimum atomic E-state index is -0.875. The summed E-state index contributed by atoms with van der Waals surface area (Å²) < 4.78 is 5.28. The lowest BCUT2D eigenvalue weighted by molar-refractivity contribution is -0.177. The third kappa shape index (κ3) is 1.79. The van der Waals surface area contributed by atoms with Crippen molar-refractivity contribution in [2.75, 3.05) is 6.61 Å². The standard InChI is InChI=1S/C15H25NO3/c1-6-14-9-8-10-15(14,12(17)18-7-2)19-16-11(14)13(3,4)5/h6-10H2,1-5H3. The van der Waals surface area contributed by atoms with E-state index in [-0.39, 0.29) is 16.8 Å². The van der Waals surface area contributed by atoms with Crippen LogP contribution >= 0.6 is 0 Å². The van der Waals surface area contributed by atoms with Gasteiger partial charge in [-0.05, 0) is 26.2 Å². The molecule has 0 amide bonds. The van der Waals surface area contributed by atoms with Crippen LogP contribution < -0.4 is 0 Å². The fourth-order valence-electron chi connectivity index (χ4n) is 3.80. The van der Waals surface area contributed by atoms with Crippen LogP contribution in [0, 0.1) is 10.8 Å². The molecule has 2 atom stereocenters. The molecule has 19 heavy (non-hydrogen) atoms. The normalized spacial score (nSPS) is 33.6. The largest absolute Gasteiger partial charge is 0.463 e. The lowest BCUT2D eigenvalue weighted by atomic mass is 9.63. The Morgan fingerprint density at radius 1 is 1.37 bits per heavy atom. The second-order valence-corrected chi connectivity index (χ2v) is 6.62. The highest BCUT2D eigenvalue weighted by atomic mass is 16.7. The lowest BCUT2D eigenvalue weighted by Crippen LogP contribution is -2.54. The van der Waals surface area contributed by atoms with Gasteiger partial charge in [0, 0.05) is 11.8 Å². The molecule has 2 aliphatic rings. The van der Waals surface area contributed by atoms with Gasteiger partial charge in [-0.1, -0.05) is 32.9 Å². The average molecular weight is 267 g/mol. The van der Waals surface area contributed by atoms with E-state index in [1.54, 1.807) is 0 Å². The zero-order valence-electron chi connectivity index (χ0n) is 12.7. The van der Waals surface area contributed by atoms with Crippen molar-refractivity contribution in [3.05, 3.63) is 0 Å². The Morgan fingerprint density at radius 3 is 2.58 bits per heavy atom. The van der Waals surface area contributed by atoms with E-state index in [1.165, 1.54) is 0 Å². The van der Waals surface area contributed by atoms with E-state index in [9.17, 15) is 4.79 Å². The summed E-state index contributed by atoms with van der Waals surface area (Å²) in [5.41, 5.74) is -0.222. The minimum Gasteiger partial charge on any atom is -0.463 e. The number of fused-ring (bicyclic) bond motifs is 1. The molecule has 0 radical (unpaired) electrons. The molecule has 0 saturated heterocycles. The number of oxime groups is 1. The molecular formula is C15H25NO3. The first-order valence-electron chi connectivity index (χ1n) is 7.28. The van der Waals surface area contributed by atoms with Crippen LogP contribution in [-0.4, -0.2) is 23.9 Å². The molecule has 1 aliphatic carbocycles. The van der Waals surface area contributed by atoms with E-state index in [2.05, 4.69) is 32.9 Å². The van der Waals surface area contributed by atoms with Gasteiger partial charge in [-0.15, -0.1) is 0 Å². The first-order chi connectivity index (χ1) is 8.84. The van der Waals surface area contributed by atoms with Gasteiger partial charge in [0.1, 0.15) is 0 Å². The molecule has 4 nitrogen and oxygen atoms in total. The monoisotopic (exact) mass is 267 g/mol. The van der Waals surface area contributed by atoms with Gasteiger partial charge >= 0.3 is 5.97 Å². The minimum absolute atomic E-state index is 0.0887. The molecule has 1 heterocycles. The SMILES string of the molecule is CCOC(=O)C12CCCC1(CC)C(C(C)(C)C)=NO2. The molecule has 1 saturated carbocycles. The van der Waals surface area contributed by atoms with Gasteiger partial charge in [-0.2, -0.15) is 0 Å². The Labute approximate surface area is 115 Å². The van der Waals surface area contributed by atoms with Crippen LogP contribution in [0.25, 0.3) is 0 Å². The highest BCUT2D eigenvalue weighted by Crippen LogP contribution is 2.58. The number of hydrogen-bond donors (Lipinski definition) is 0. The maximum atomic E-state index is 12.5. The molecule has 0 aromatic carbocycles. The van der Waals surface area contributed by atoms with E-state index in [4.69, 9.17) is 9.57 Å².